The van der Waals surface area contributed by atoms with E-state index in [4.69, 9.17) is 0 Å². The fraction of sp³-hybridized carbons (Fsp3) is 0.294. The Bertz CT molecular complexity index is 2170. The van der Waals surface area contributed by atoms with E-state index in [-0.39, 0.29) is 16.2 Å². The zero-order valence-electron chi connectivity index (χ0n) is 31.3. The molecule has 0 bridgehead atoms. The highest BCUT2D eigenvalue weighted by Crippen LogP contribution is 2.57. The van der Waals surface area contributed by atoms with Crippen LogP contribution >= 0.6 is 0 Å². The highest BCUT2D eigenvalue weighted by atomic mass is 14.5. The summed E-state index contributed by atoms with van der Waals surface area (Å²) in [5.41, 5.74) is 23.0. The summed E-state index contributed by atoms with van der Waals surface area (Å²) in [6.45, 7) is 14.3. The Morgan fingerprint density at radius 1 is 0.275 bits per heavy atom. The molecule has 0 atom stereocenters. The number of hydrogen-bond donors (Lipinski definition) is 0. The van der Waals surface area contributed by atoms with Crippen molar-refractivity contribution in [2.24, 2.45) is 0 Å². The maximum Gasteiger partial charge on any atom is 0.0210 e. The van der Waals surface area contributed by atoms with Crippen molar-refractivity contribution < 1.29 is 0 Å². The highest BCUT2D eigenvalue weighted by Gasteiger charge is 2.43. The molecule has 3 aliphatic carbocycles. The van der Waals surface area contributed by atoms with Crippen LogP contribution in [-0.4, -0.2) is 0 Å². The Labute approximate surface area is 305 Å². The number of benzene rings is 6. The van der Waals surface area contributed by atoms with Crippen molar-refractivity contribution in [3.8, 4) is 55.6 Å². The van der Waals surface area contributed by atoms with Crippen LogP contribution in [0.25, 0.3) is 55.6 Å². The van der Waals surface area contributed by atoms with E-state index in [0.717, 1.165) is 38.5 Å². The van der Waals surface area contributed by atoms with Crippen LogP contribution in [0.15, 0.2) is 121 Å². The van der Waals surface area contributed by atoms with Crippen LogP contribution in [0.5, 0.6) is 0 Å². The SMILES string of the molecule is CCC1(CC)c2ccccc2-c2ccc(-c3ccc4c(c3)C(CC)(CC)c3cc(-c5ccc6c(c5)C(CC)(CC)c5ccccc5-6)ccc3-4)cc21. The maximum atomic E-state index is 2.55. The van der Waals surface area contributed by atoms with Gasteiger partial charge in [0.2, 0.25) is 0 Å². The Hall–Kier alpha value is -4.68. The molecule has 254 valence electrons. The molecule has 6 aromatic carbocycles. The molecule has 51 heavy (non-hydrogen) atoms. The normalized spacial score (nSPS) is 16.2. The Balaban J connectivity index is 1.14. The molecule has 0 unspecified atom stereocenters. The van der Waals surface area contributed by atoms with Crippen LogP contribution in [0.3, 0.4) is 0 Å². The van der Waals surface area contributed by atoms with Crippen LogP contribution < -0.4 is 0 Å². The lowest BCUT2D eigenvalue weighted by atomic mass is 9.72. The maximum absolute atomic E-state index is 2.55. The van der Waals surface area contributed by atoms with Crippen molar-refractivity contribution in [2.45, 2.75) is 96.3 Å². The molecule has 0 nitrogen and oxygen atoms in total. The lowest BCUT2D eigenvalue weighted by Gasteiger charge is -2.31. The van der Waals surface area contributed by atoms with Crippen LogP contribution in [0.1, 0.15) is 113 Å². The molecule has 0 heteroatoms. The minimum absolute atomic E-state index is 0.0101. The number of fused-ring (bicyclic) bond motifs is 9. The molecule has 0 amide bonds. The summed E-state index contributed by atoms with van der Waals surface area (Å²) in [7, 11) is 0. The van der Waals surface area contributed by atoms with E-state index in [9.17, 15) is 0 Å². The van der Waals surface area contributed by atoms with Gasteiger partial charge in [-0.15, -0.1) is 0 Å². The molecule has 3 aliphatic rings. The molecule has 0 radical (unpaired) electrons. The second-order valence-electron chi connectivity index (χ2n) is 15.5. The van der Waals surface area contributed by atoms with E-state index < -0.39 is 0 Å². The van der Waals surface area contributed by atoms with E-state index in [1.165, 1.54) is 89.0 Å². The van der Waals surface area contributed by atoms with Crippen molar-refractivity contribution in [1.29, 1.82) is 0 Å². The van der Waals surface area contributed by atoms with Crippen LogP contribution in [0.2, 0.25) is 0 Å². The van der Waals surface area contributed by atoms with Gasteiger partial charge < -0.3 is 0 Å². The summed E-state index contributed by atoms with van der Waals surface area (Å²) < 4.78 is 0. The summed E-state index contributed by atoms with van der Waals surface area (Å²) in [5, 5.41) is 0. The molecule has 0 aliphatic heterocycles. The van der Waals surface area contributed by atoms with Crippen molar-refractivity contribution in [3.05, 3.63) is 155 Å². The summed E-state index contributed by atoms with van der Waals surface area (Å²) in [5.74, 6) is 0. The Kier molecular flexibility index (Phi) is 7.38. The molecule has 0 aromatic heterocycles. The first kappa shape index (κ1) is 32.2. The number of rotatable bonds is 8. The third-order valence-corrected chi connectivity index (χ3v) is 14.2. The standard InChI is InChI=1S/C51H50/c1-7-49(8-2)43-19-15-13-17-37(43)39-25-21-33(29-45(39)49)35-23-27-41-42-28-24-36(32-48(42)51(11-5,12-6)47(41)31-35)34-22-26-40-38-18-14-16-20-44(38)50(9-3,10-4)46(40)30-34/h13-32H,7-12H2,1-6H3. The Morgan fingerprint density at radius 2 is 0.510 bits per heavy atom. The van der Waals surface area contributed by atoms with Crippen LogP contribution in [-0.2, 0) is 16.2 Å². The van der Waals surface area contributed by atoms with E-state index in [2.05, 4.69) is 163 Å². The first-order chi connectivity index (χ1) is 24.9. The van der Waals surface area contributed by atoms with Gasteiger partial charge in [0.05, 0.1) is 0 Å². The quantitative estimate of drug-likeness (QED) is 0.152. The van der Waals surface area contributed by atoms with Gasteiger partial charge in [-0.3, -0.25) is 0 Å². The highest BCUT2D eigenvalue weighted by molar-refractivity contribution is 5.89. The van der Waals surface area contributed by atoms with Gasteiger partial charge in [-0.2, -0.15) is 0 Å². The van der Waals surface area contributed by atoms with E-state index in [1.807, 2.05) is 0 Å². The average molecular weight is 663 g/mol. The smallest absolute Gasteiger partial charge is 0.0210 e. The van der Waals surface area contributed by atoms with Gasteiger partial charge in [0.1, 0.15) is 0 Å². The number of hydrogen-bond acceptors (Lipinski definition) is 0. The Morgan fingerprint density at radius 3 is 0.784 bits per heavy atom. The minimum Gasteiger partial charge on any atom is -0.0642 e. The minimum atomic E-state index is -0.0101. The van der Waals surface area contributed by atoms with E-state index in [1.54, 1.807) is 0 Å². The van der Waals surface area contributed by atoms with Crippen molar-refractivity contribution >= 4 is 0 Å². The molecule has 0 N–H and O–H groups in total. The lowest BCUT2D eigenvalue weighted by molar-refractivity contribution is 0.490. The molecular weight excluding hydrogens is 613 g/mol. The van der Waals surface area contributed by atoms with Gasteiger partial charge in [0, 0.05) is 16.2 Å². The van der Waals surface area contributed by atoms with Gasteiger partial charge in [-0.25, -0.2) is 0 Å². The van der Waals surface area contributed by atoms with Crippen molar-refractivity contribution in [3.63, 3.8) is 0 Å². The fourth-order valence-corrected chi connectivity index (χ4v) is 11.2. The molecule has 9 rings (SSSR count). The molecule has 0 heterocycles. The predicted molar refractivity (Wildman–Crippen MR) is 218 cm³/mol. The lowest BCUT2D eigenvalue weighted by Crippen LogP contribution is -2.23. The van der Waals surface area contributed by atoms with E-state index in [0.29, 0.717) is 0 Å². The van der Waals surface area contributed by atoms with Gasteiger partial charge >= 0.3 is 0 Å². The summed E-state index contributed by atoms with van der Waals surface area (Å²) in [6, 6.07) is 47.5. The van der Waals surface area contributed by atoms with Crippen molar-refractivity contribution in [1.82, 2.24) is 0 Å². The molecule has 0 saturated carbocycles. The first-order valence-corrected chi connectivity index (χ1v) is 19.7. The van der Waals surface area contributed by atoms with Crippen LogP contribution in [0.4, 0.5) is 0 Å². The van der Waals surface area contributed by atoms with Crippen molar-refractivity contribution in [2.75, 3.05) is 0 Å². The van der Waals surface area contributed by atoms with Gasteiger partial charge in [-0.05, 0) is 152 Å². The fourth-order valence-electron chi connectivity index (χ4n) is 11.2. The summed E-state index contributed by atoms with van der Waals surface area (Å²) in [4.78, 5) is 0. The van der Waals surface area contributed by atoms with E-state index >= 15 is 0 Å². The molecule has 6 aromatic rings. The molecule has 0 fully saturated rings. The van der Waals surface area contributed by atoms with Crippen LogP contribution in [0, 0.1) is 0 Å². The summed E-state index contributed by atoms with van der Waals surface area (Å²) in [6.07, 6.45) is 6.62. The van der Waals surface area contributed by atoms with Gasteiger partial charge in [0.15, 0.2) is 0 Å². The largest absolute Gasteiger partial charge is 0.0642 e. The monoisotopic (exact) mass is 662 g/mol. The predicted octanol–water partition coefficient (Wildman–Crippen LogP) is 14.3. The molecular formula is C51H50. The molecule has 0 spiro atoms. The van der Waals surface area contributed by atoms with Gasteiger partial charge in [-0.1, -0.05) is 139 Å². The molecule has 0 saturated heterocycles. The topological polar surface area (TPSA) is 0 Å². The van der Waals surface area contributed by atoms with Gasteiger partial charge in [0.25, 0.3) is 0 Å². The zero-order chi connectivity index (χ0) is 35.1. The third kappa shape index (κ3) is 4.14. The summed E-state index contributed by atoms with van der Waals surface area (Å²) >= 11 is 0. The zero-order valence-corrected chi connectivity index (χ0v) is 31.3. The third-order valence-electron chi connectivity index (χ3n) is 14.2. The second-order valence-corrected chi connectivity index (χ2v) is 15.5. The first-order valence-electron chi connectivity index (χ1n) is 19.7. The average Bonchev–Trinajstić information content (AvgIpc) is 3.76. The second kappa shape index (κ2) is 11.7.